The molecule has 16 unspecified atom stereocenters. The van der Waals surface area contributed by atoms with Gasteiger partial charge in [-0.05, 0) is 86.5 Å². The molecule has 0 amide bonds. The second-order valence-electron chi connectivity index (χ2n) is 21.6. The van der Waals surface area contributed by atoms with E-state index >= 15 is 0 Å². The smallest absolute Gasteiger partial charge is 0.344 e. The third-order valence-corrected chi connectivity index (χ3v) is 16.3. The minimum absolute atomic E-state index is 0.00636. The molecule has 9 aliphatic rings. The van der Waals surface area contributed by atoms with Crippen molar-refractivity contribution >= 4 is 59.7 Å². The largest absolute Gasteiger partial charge is 0.469 e. The highest BCUT2D eigenvalue weighted by Gasteiger charge is 2.70. The molecule has 0 aromatic rings. The SMILES string of the molecule is CCC(C)(C)C(=O)OCC(=O)OC1C2CC3C(=O)OC1C3C2.CCC(C)(C)C(=O)OCC(=O)OC1C2CC3C(=O)OC1C3O2.CCC(C)(C)C(=O)OCC(=O)OC1C2CC3C1OC(=O)C3C2C(=O)OC. The summed E-state index contributed by atoms with van der Waals surface area (Å²) < 4.78 is 57.5. The maximum absolute atomic E-state index is 12.1. The zero-order valence-corrected chi connectivity index (χ0v) is 41.4. The van der Waals surface area contributed by atoms with Gasteiger partial charge in [0.15, 0.2) is 32.0 Å². The number of esters is 10. The Labute approximate surface area is 405 Å². The van der Waals surface area contributed by atoms with E-state index < -0.39 is 113 Å². The number of hydrogen-bond acceptors (Lipinski definition) is 21. The maximum atomic E-state index is 12.1. The van der Waals surface area contributed by atoms with Crippen LogP contribution in [0.2, 0.25) is 0 Å². The van der Waals surface area contributed by atoms with Crippen LogP contribution >= 0.6 is 0 Å². The number of carbonyl (C=O) groups is 10. The summed E-state index contributed by atoms with van der Waals surface area (Å²) in [5, 5.41) is 0. The third-order valence-electron chi connectivity index (χ3n) is 16.3. The number of fused-ring (bicyclic) bond motifs is 3. The molecule has 4 aliphatic carbocycles. The van der Waals surface area contributed by atoms with Crippen LogP contribution in [0.3, 0.4) is 0 Å². The van der Waals surface area contributed by atoms with Gasteiger partial charge in [-0.3, -0.25) is 33.6 Å². The monoisotopic (exact) mass is 990 g/mol. The molecule has 16 atom stereocenters. The van der Waals surface area contributed by atoms with Gasteiger partial charge >= 0.3 is 59.7 Å². The van der Waals surface area contributed by atoms with Crippen LogP contribution in [0.1, 0.15) is 107 Å². The Morgan fingerprint density at radius 2 is 0.971 bits per heavy atom. The van der Waals surface area contributed by atoms with E-state index in [0.29, 0.717) is 32.1 Å². The Bertz CT molecular complexity index is 2030. The van der Waals surface area contributed by atoms with Crippen LogP contribution in [0.4, 0.5) is 0 Å². The molecule has 9 fully saturated rings. The van der Waals surface area contributed by atoms with Crippen molar-refractivity contribution in [3.63, 3.8) is 0 Å². The molecule has 0 radical (unpaired) electrons. The summed E-state index contributed by atoms with van der Waals surface area (Å²) in [6.45, 7) is 14.8. The van der Waals surface area contributed by atoms with E-state index in [0.717, 1.165) is 12.8 Å². The van der Waals surface area contributed by atoms with E-state index in [1.54, 1.807) is 41.5 Å². The van der Waals surface area contributed by atoms with Crippen LogP contribution < -0.4 is 0 Å². The summed E-state index contributed by atoms with van der Waals surface area (Å²) in [6.07, 6.45) is 0.852. The van der Waals surface area contributed by atoms with Gasteiger partial charge in [-0.2, -0.15) is 0 Å². The fourth-order valence-corrected chi connectivity index (χ4v) is 11.0. The van der Waals surface area contributed by atoms with Crippen molar-refractivity contribution < 1.29 is 100 Å². The van der Waals surface area contributed by atoms with Crippen LogP contribution in [-0.2, 0) is 100 Å². The first-order chi connectivity index (χ1) is 32.9. The predicted octanol–water partition coefficient (Wildman–Crippen LogP) is 2.91. The molecule has 4 saturated carbocycles. The molecule has 0 spiro atoms. The summed E-state index contributed by atoms with van der Waals surface area (Å²) >= 11 is 0. The lowest BCUT2D eigenvalue weighted by Gasteiger charge is -2.30. The second-order valence-corrected chi connectivity index (χ2v) is 21.6. The average molecular weight is 991 g/mol. The minimum Gasteiger partial charge on any atom is -0.469 e. The molecule has 388 valence electrons. The van der Waals surface area contributed by atoms with Crippen LogP contribution in [0.25, 0.3) is 0 Å². The molecule has 5 saturated heterocycles. The van der Waals surface area contributed by atoms with Crippen LogP contribution in [0.5, 0.6) is 0 Å². The highest BCUT2D eigenvalue weighted by molar-refractivity contribution is 5.87. The summed E-state index contributed by atoms with van der Waals surface area (Å²) in [7, 11) is 1.27. The summed E-state index contributed by atoms with van der Waals surface area (Å²) in [4.78, 5) is 119. The normalized spacial score (nSPS) is 35.0. The van der Waals surface area contributed by atoms with Gasteiger partial charge in [0.2, 0.25) is 0 Å². The highest BCUT2D eigenvalue weighted by Crippen LogP contribution is 2.59. The molecule has 21 heteroatoms. The van der Waals surface area contributed by atoms with Crippen molar-refractivity contribution in [3.8, 4) is 0 Å². The van der Waals surface area contributed by atoms with Crippen LogP contribution in [-0.4, -0.2) is 135 Å². The van der Waals surface area contributed by atoms with E-state index in [2.05, 4.69) is 0 Å². The summed E-state index contributed by atoms with van der Waals surface area (Å²) in [6, 6.07) is 0. The zero-order chi connectivity index (χ0) is 51.4. The van der Waals surface area contributed by atoms with E-state index in [-0.39, 0.29) is 78.5 Å². The molecule has 6 bridgehead atoms. The van der Waals surface area contributed by atoms with Crippen molar-refractivity contribution in [2.24, 2.45) is 63.6 Å². The first-order valence-electron chi connectivity index (χ1n) is 24.3. The van der Waals surface area contributed by atoms with Gasteiger partial charge in [-0.1, -0.05) is 20.8 Å². The fourth-order valence-electron chi connectivity index (χ4n) is 11.0. The fraction of sp³-hybridized carbons (Fsp3) is 0.796. The highest BCUT2D eigenvalue weighted by atomic mass is 16.7. The van der Waals surface area contributed by atoms with Crippen molar-refractivity contribution in [1.82, 2.24) is 0 Å². The van der Waals surface area contributed by atoms with Crippen molar-refractivity contribution in [3.05, 3.63) is 0 Å². The summed E-state index contributed by atoms with van der Waals surface area (Å²) in [5.41, 5.74) is -1.93. The molecule has 5 heterocycles. The quantitative estimate of drug-likeness (QED) is 0.159. The van der Waals surface area contributed by atoms with E-state index in [9.17, 15) is 47.9 Å². The van der Waals surface area contributed by atoms with Gasteiger partial charge in [-0.15, -0.1) is 0 Å². The van der Waals surface area contributed by atoms with Crippen LogP contribution in [0.15, 0.2) is 0 Å². The number of rotatable bonds is 16. The van der Waals surface area contributed by atoms with Gasteiger partial charge in [0.05, 0.1) is 53.1 Å². The number of carbonyl (C=O) groups excluding carboxylic acids is 10. The van der Waals surface area contributed by atoms with Crippen LogP contribution in [0, 0.1) is 63.6 Å². The minimum atomic E-state index is -0.717. The van der Waals surface area contributed by atoms with E-state index in [1.807, 2.05) is 20.8 Å². The van der Waals surface area contributed by atoms with Gasteiger partial charge in [0.25, 0.3) is 0 Å². The molecular formula is C49H66O21. The molecule has 70 heavy (non-hydrogen) atoms. The molecular weight excluding hydrogens is 925 g/mol. The Morgan fingerprint density at radius 3 is 1.49 bits per heavy atom. The molecule has 0 N–H and O–H groups in total. The van der Waals surface area contributed by atoms with Crippen molar-refractivity contribution in [2.75, 3.05) is 26.9 Å². The van der Waals surface area contributed by atoms with Gasteiger partial charge < -0.3 is 52.1 Å². The zero-order valence-electron chi connectivity index (χ0n) is 41.4. The first kappa shape index (κ1) is 52.5. The molecule has 21 nitrogen and oxygen atoms in total. The standard InChI is InChI=1S/C18H24O8.C16H22O6.C15H20O7/c1-5-18(2,3)17(22)24-7-10(19)25-13-8-6-9-12(11(8)15(20)23-4)16(21)26-14(9)13;1-4-16(2,3)15(19)20-7-11(17)21-12-8-5-9-10(6-8)14(18)22-13(9)12;1-4-15(2,3)14(18)19-6-9(16)21-11-8-5-7-10(20-8)12(11)22-13(7)17/h8-9,11-14H,5-7H2,1-4H3;8-10,12-13H,4-7H2,1-3H3;7-8,10-12H,4-6H2,1-3H3. The Hall–Kier alpha value is -5.34. The van der Waals surface area contributed by atoms with E-state index in [4.69, 9.17) is 52.1 Å². The average Bonchev–Trinajstić information content (AvgIpc) is 4.22. The lowest BCUT2D eigenvalue weighted by atomic mass is 9.78. The predicted molar refractivity (Wildman–Crippen MR) is 231 cm³/mol. The Balaban J connectivity index is 0.000000155. The van der Waals surface area contributed by atoms with E-state index in [1.165, 1.54) is 7.11 Å². The first-order valence-corrected chi connectivity index (χ1v) is 24.3. The van der Waals surface area contributed by atoms with Crippen molar-refractivity contribution in [2.45, 2.75) is 156 Å². The second kappa shape index (κ2) is 20.0. The van der Waals surface area contributed by atoms with Gasteiger partial charge in [0, 0.05) is 23.7 Å². The maximum Gasteiger partial charge on any atom is 0.344 e. The molecule has 5 aliphatic heterocycles. The third kappa shape index (κ3) is 9.96. The number of methoxy groups -OCH3 is 1. The van der Waals surface area contributed by atoms with Gasteiger partial charge in [0.1, 0.15) is 30.5 Å². The molecule has 0 aromatic heterocycles. The Morgan fingerprint density at radius 1 is 0.514 bits per heavy atom. The molecule has 9 rings (SSSR count). The summed E-state index contributed by atoms with van der Waals surface area (Å²) in [5.74, 6) is -6.13. The van der Waals surface area contributed by atoms with Gasteiger partial charge in [-0.25, -0.2) is 14.4 Å². The topological polar surface area (TPSA) is 272 Å². The molecule has 0 aromatic carbocycles. The van der Waals surface area contributed by atoms with Crippen molar-refractivity contribution in [1.29, 1.82) is 0 Å². The lowest BCUT2D eigenvalue weighted by molar-refractivity contribution is -0.174. The Kier molecular flexibility index (Phi) is 15.0. The number of ether oxygens (including phenoxy) is 11. The lowest BCUT2D eigenvalue weighted by Crippen LogP contribution is -2.44. The number of hydrogen-bond donors (Lipinski definition) is 0.